The smallest absolute Gasteiger partial charge is 0.244 e. The normalized spacial score (nSPS) is 25.1. The number of hydrogen-bond acceptors (Lipinski definition) is 3. The number of benzene rings is 1. The van der Waals surface area contributed by atoms with Crippen molar-refractivity contribution >= 4 is 5.91 Å². The Kier molecular flexibility index (Phi) is 3.70. The lowest BCUT2D eigenvalue weighted by Crippen LogP contribution is -2.46. The van der Waals surface area contributed by atoms with Crippen molar-refractivity contribution in [1.82, 2.24) is 0 Å². The number of nitrogens with two attached hydrogens (primary N) is 1. The number of amides is 1. The van der Waals surface area contributed by atoms with Gasteiger partial charge < -0.3 is 15.6 Å². The summed E-state index contributed by atoms with van der Waals surface area (Å²) in [6.07, 6.45) is 3.22. The summed E-state index contributed by atoms with van der Waals surface area (Å²) in [6.45, 7) is 10.5. The number of ether oxygens (including phenoxy) is 1. The highest BCUT2D eigenvalue weighted by molar-refractivity contribution is 5.92. The van der Waals surface area contributed by atoms with Crippen LogP contribution in [0.5, 0.6) is 11.5 Å². The van der Waals surface area contributed by atoms with Crippen LogP contribution in [-0.4, -0.2) is 16.6 Å². The molecule has 24 heavy (non-hydrogen) atoms. The first kappa shape index (κ1) is 16.9. The van der Waals surface area contributed by atoms with Gasteiger partial charge in [-0.25, -0.2) is 0 Å². The molecule has 4 nitrogen and oxygen atoms in total. The van der Waals surface area contributed by atoms with Gasteiger partial charge in [-0.3, -0.25) is 4.79 Å². The second-order valence-corrected chi connectivity index (χ2v) is 8.61. The summed E-state index contributed by atoms with van der Waals surface area (Å²) in [7, 11) is 0. The molecule has 3 N–H and O–H groups in total. The zero-order valence-corrected chi connectivity index (χ0v) is 15.1. The van der Waals surface area contributed by atoms with Crippen LogP contribution in [0.2, 0.25) is 0 Å². The number of carbonyl (C=O) groups is 1. The third-order valence-electron chi connectivity index (χ3n) is 5.48. The van der Waals surface area contributed by atoms with Crippen molar-refractivity contribution in [1.29, 1.82) is 0 Å². The largest absolute Gasteiger partial charge is 0.508 e. The van der Waals surface area contributed by atoms with Crippen LogP contribution >= 0.6 is 0 Å². The zero-order chi connectivity index (χ0) is 17.9. The van der Waals surface area contributed by atoms with Crippen molar-refractivity contribution in [3.05, 3.63) is 34.9 Å². The van der Waals surface area contributed by atoms with Gasteiger partial charge >= 0.3 is 0 Å². The highest BCUT2D eigenvalue weighted by atomic mass is 16.5. The molecule has 0 unspecified atom stereocenters. The van der Waals surface area contributed by atoms with Crippen LogP contribution < -0.4 is 10.5 Å². The monoisotopic (exact) mass is 329 g/mol. The number of aromatic hydroxyl groups is 1. The molecule has 0 bridgehead atoms. The van der Waals surface area contributed by atoms with Gasteiger partial charge in [0.25, 0.3) is 0 Å². The summed E-state index contributed by atoms with van der Waals surface area (Å²) < 4.78 is 6.30. The summed E-state index contributed by atoms with van der Waals surface area (Å²) in [5.74, 6) is 0.875. The molecule has 1 amide bonds. The van der Waals surface area contributed by atoms with Gasteiger partial charge in [0.05, 0.1) is 0 Å². The van der Waals surface area contributed by atoms with Gasteiger partial charge in [-0.15, -0.1) is 0 Å². The molecule has 0 fully saturated rings. The Bertz CT molecular complexity index is 725. The van der Waals surface area contributed by atoms with Crippen molar-refractivity contribution in [3.8, 4) is 11.5 Å². The average molecular weight is 329 g/mol. The quantitative estimate of drug-likeness (QED) is 0.824. The van der Waals surface area contributed by atoms with Crippen LogP contribution in [0, 0.1) is 5.92 Å². The van der Waals surface area contributed by atoms with Gasteiger partial charge in [-0.05, 0) is 49.8 Å². The van der Waals surface area contributed by atoms with E-state index in [4.69, 9.17) is 10.5 Å². The highest BCUT2D eigenvalue weighted by Gasteiger charge is 2.46. The summed E-state index contributed by atoms with van der Waals surface area (Å²) in [5.41, 5.74) is 7.56. The molecule has 0 saturated heterocycles. The van der Waals surface area contributed by atoms with E-state index in [1.165, 1.54) is 0 Å². The Hall–Kier alpha value is -1.97. The molecular weight excluding hydrogens is 302 g/mol. The summed E-state index contributed by atoms with van der Waals surface area (Å²) in [6, 6.07) is 3.87. The summed E-state index contributed by atoms with van der Waals surface area (Å²) >= 11 is 0. The van der Waals surface area contributed by atoms with Crippen LogP contribution in [0.1, 0.15) is 64.5 Å². The first-order valence-corrected chi connectivity index (χ1v) is 8.56. The third-order valence-corrected chi connectivity index (χ3v) is 5.48. The van der Waals surface area contributed by atoms with Gasteiger partial charge in [0, 0.05) is 23.0 Å². The standard InChI is InChI=1S/C20H27NO3/c1-19(2,3)12-9-15(22)17-13-8-11(18(21)23)6-7-14(13)20(4,5)24-16(17)10-12/h6,9-10,13-14,22H,7-8H2,1-5H3,(H2,21,23)/t13-,14-/m1/s1. The Morgan fingerprint density at radius 3 is 2.58 bits per heavy atom. The van der Waals surface area contributed by atoms with E-state index < -0.39 is 0 Å². The molecule has 130 valence electrons. The van der Waals surface area contributed by atoms with E-state index in [-0.39, 0.29) is 34.5 Å². The van der Waals surface area contributed by atoms with E-state index in [1.54, 1.807) is 0 Å². The lowest BCUT2D eigenvalue weighted by Gasteiger charge is -2.47. The molecule has 0 spiro atoms. The Morgan fingerprint density at radius 1 is 1.33 bits per heavy atom. The minimum absolute atomic E-state index is 0.0465. The molecule has 0 aromatic heterocycles. The van der Waals surface area contributed by atoms with Crippen molar-refractivity contribution in [2.75, 3.05) is 0 Å². The predicted octanol–water partition coefficient (Wildman–Crippen LogP) is 3.77. The molecule has 1 aliphatic carbocycles. The van der Waals surface area contributed by atoms with Crippen molar-refractivity contribution in [3.63, 3.8) is 0 Å². The van der Waals surface area contributed by atoms with Gasteiger partial charge in [-0.2, -0.15) is 0 Å². The first-order chi connectivity index (χ1) is 11.0. The number of fused-ring (bicyclic) bond motifs is 3. The number of phenolic OH excluding ortho intramolecular Hbond substituents is 1. The average Bonchev–Trinajstić information content (AvgIpc) is 2.44. The molecular formula is C20H27NO3. The number of carbonyl (C=O) groups excluding carboxylic acids is 1. The molecule has 3 rings (SSSR count). The van der Waals surface area contributed by atoms with E-state index in [1.807, 2.05) is 18.2 Å². The maximum absolute atomic E-state index is 11.6. The van der Waals surface area contributed by atoms with Crippen LogP contribution in [0.15, 0.2) is 23.8 Å². The summed E-state index contributed by atoms with van der Waals surface area (Å²) in [5, 5.41) is 10.7. The van der Waals surface area contributed by atoms with Gasteiger partial charge in [0.15, 0.2) is 0 Å². The maximum Gasteiger partial charge on any atom is 0.244 e. The number of primary amides is 1. The van der Waals surface area contributed by atoms with E-state index >= 15 is 0 Å². The van der Waals surface area contributed by atoms with E-state index in [0.29, 0.717) is 12.0 Å². The van der Waals surface area contributed by atoms with Crippen molar-refractivity contribution < 1.29 is 14.6 Å². The van der Waals surface area contributed by atoms with Gasteiger partial charge in [-0.1, -0.05) is 26.8 Å². The lowest BCUT2D eigenvalue weighted by atomic mass is 9.66. The van der Waals surface area contributed by atoms with Crippen LogP contribution in [0.4, 0.5) is 0 Å². The summed E-state index contributed by atoms with van der Waals surface area (Å²) in [4.78, 5) is 11.6. The van der Waals surface area contributed by atoms with Gasteiger partial charge in [0.2, 0.25) is 5.91 Å². The second-order valence-electron chi connectivity index (χ2n) is 8.61. The van der Waals surface area contributed by atoms with Crippen molar-refractivity contribution in [2.45, 2.75) is 64.4 Å². The minimum Gasteiger partial charge on any atom is -0.508 e. The Labute approximate surface area is 143 Å². The van der Waals surface area contributed by atoms with Crippen LogP contribution in [-0.2, 0) is 10.2 Å². The molecule has 2 aliphatic rings. The number of allylic oxidation sites excluding steroid dienone is 1. The molecule has 1 heterocycles. The third kappa shape index (κ3) is 2.68. The van der Waals surface area contributed by atoms with E-state index in [0.717, 1.165) is 23.3 Å². The van der Waals surface area contributed by atoms with E-state index in [9.17, 15) is 9.90 Å². The predicted molar refractivity (Wildman–Crippen MR) is 94.3 cm³/mol. The minimum atomic E-state index is -0.370. The highest BCUT2D eigenvalue weighted by Crippen LogP contribution is 2.54. The Morgan fingerprint density at radius 2 is 2.00 bits per heavy atom. The number of rotatable bonds is 1. The molecule has 0 radical (unpaired) electrons. The SMILES string of the molecule is CC(C)(C)c1cc(O)c2c(c1)OC(C)(C)[C@@H]1CC=C(C(N)=O)C[C@@H]21. The molecule has 1 aliphatic heterocycles. The van der Waals surface area contributed by atoms with E-state index in [2.05, 4.69) is 34.6 Å². The fraction of sp³-hybridized carbons (Fsp3) is 0.550. The topological polar surface area (TPSA) is 72.6 Å². The lowest BCUT2D eigenvalue weighted by molar-refractivity contribution is -0.115. The molecule has 1 aromatic rings. The maximum atomic E-state index is 11.6. The zero-order valence-electron chi connectivity index (χ0n) is 15.1. The molecule has 2 atom stereocenters. The fourth-order valence-electron chi connectivity index (χ4n) is 4.03. The number of hydrogen-bond donors (Lipinski definition) is 2. The molecule has 0 saturated carbocycles. The molecule has 4 heteroatoms. The van der Waals surface area contributed by atoms with Gasteiger partial charge in [0.1, 0.15) is 17.1 Å². The second kappa shape index (κ2) is 5.27. The number of phenols is 1. The Balaban J connectivity index is 2.14. The van der Waals surface area contributed by atoms with Crippen molar-refractivity contribution in [2.24, 2.45) is 11.7 Å². The van der Waals surface area contributed by atoms with Crippen LogP contribution in [0.25, 0.3) is 0 Å². The molecule has 1 aromatic carbocycles. The fourth-order valence-corrected chi connectivity index (χ4v) is 4.03. The van der Waals surface area contributed by atoms with Crippen LogP contribution in [0.3, 0.4) is 0 Å². The first-order valence-electron chi connectivity index (χ1n) is 8.56.